The third-order valence-corrected chi connectivity index (χ3v) is 6.24. The third kappa shape index (κ3) is 3.96. The number of likely N-dealkylation sites (tertiary alicyclic amines) is 1. The molecule has 0 unspecified atom stereocenters. The first-order valence-corrected chi connectivity index (χ1v) is 10.5. The Balaban J connectivity index is 1.99. The maximum absolute atomic E-state index is 13.4. The number of esters is 1. The number of anilines is 1. The smallest absolute Gasteiger partial charge is 0.310 e. The highest BCUT2D eigenvalue weighted by Gasteiger charge is 2.58. The summed E-state index contributed by atoms with van der Waals surface area (Å²) >= 11 is 6.18. The summed E-state index contributed by atoms with van der Waals surface area (Å²) in [7, 11) is 0. The number of benzene rings is 1. The number of rotatable bonds is 6. The Morgan fingerprint density at radius 3 is 2.63 bits per heavy atom. The number of aliphatic hydroxyl groups excluding tert-OH is 1. The second kappa shape index (κ2) is 9.18. The summed E-state index contributed by atoms with van der Waals surface area (Å²) in [4.78, 5) is 40.8. The Kier molecular flexibility index (Phi) is 6.83. The van der Waals surface area contributed by atoms with Gasteiger partial charge >= 0.3 is 5.97 Å². The first kappa shape index (κ1) is 22.3. The van der Waals surface area contributed by atoms with Gasteiger partial charge in [-0.25, -0.2) is 0 Å². The Morgan fingerprint density at radius 2 is 2.00 bits per heavy atom. The van der Waals surface area contributed by atoms with Crippen molar-refractivity contribution in [3.8, 4) is 0 Å². The highest BCUT2D eigenvalue weighted by molar-refractivity contribution is 6.33. The quantitative estimate of drug-likeness (QED) is 0.529. The maximum Gasteiger partial charge on any atom is 0.310 e. The molecular formula is C22H27ClN2O5. The van der Waals surface area contributed by atoms with E-state index >= 15 is 0 Å². The molecule has 1 fully saturated rings. The first-order chi connectivity index (χ1) is 14.3. The van der Waals surface area contributed by atoms with Crippen LogP contribution in [0.5, 0.6) is 0 Å². The van der Waals surface area contributed by atoms with Gasteiger partial charge in [0, 0.05) is 5.92 Å². The number of allylic oxidation sites excluding steroid dienone is 1. The van der Waals surface area contributed by atoms with Gasteiger partial charge in [-0.3, -0.25) is 14.4 Å². The molecule has 0 spiro atoms. The number of ether oxygens (including phenoxy) is 1. The van der Waals surface area contributed by atoms with E-state index in [1.807, 2.05) is 19.1 Å². The van der Waals surface area contributed by atoms with Crippen LogP contribution >= 0.6 is 11.6 Å². The standard InChI is InChI=1S/C22H27ClN2O5/c1-4-30-22(29)17-12(2)9-10-14-18(17)21(28)25(13(3)11-26)19(14)20(27)24-16-8-6-5-7-15(16)23/h5-10,12-14,17-19,26H,4,11H2,1-3H3,(H,24,27)/t12-,13-,14+,17-,18-,19+/m1/s1. The van der Waals surface area contributed by atoms with Crippen molar-refractivity contribution in [1.82, 2.24) is 4.90 Å². The molecule has 1 aliphatic heterocycles. The Labute approximate surface area is 181 Å². The van der Waals surface area contributed by atoms with Crippen LogP contribution in [0.4, 0.5) is 5.69 Å². The van der Waals surface area contributed by atoms with Crippen molar-refractivity contribution in [2.45, 2.75) is 32.9 Å². The number of para-hydroxylation sites is 1. The molecule has 1 aliphatic carbocycles. The molecule has 1 aromatic carbocycles. The second-order valence-electron chi connectivity index (χ2n) is 7.82. The van der Waals surface area contributed by atoms with E-state index in [4.69, 9.17) is 16.3 Å². The molecule has 1 heterocycles. The fourth-order valence-electron chi connectivity index (χ4n) is 4.47. The minimum atomic E-state index is -0.874. The highest BCUT2D eigenvalue weighted by Crippen LogP contribution is 2.45. The molecule has 2 aliphatic rings. The Morgan fingerprint density at radius 1 is 1.30 bits per heavy atom. The highest BCUT2D eigenvalue weighted by atomic mass is 35.5. The van der Waals surface area contributed by atoms with Crippen LogP contribution in [0.15, 0.2) is 36.4 Å². The molecule has 1 saturated heterocycles. The summed E-state index contributed by atoms with van der Waals surface area (Å²) in [5.74, 6) is -3.30. The number of halogens is 1. The van der Waals surface area contributed by atoms with Crippen molar-refractivity contribution < 1.29 is 24.2 Å². The Bertz CT molecular complexity index is 858. The zero-order chi connectivity index (χ0) is 22.0. The lowest BCUT2D eigenvalue weighted by Gasteiger charge is -2.32. The number of amides is 2. The van der Waals surface area contributed by atoms with Crippen molar-refractivity contribution in [3.63, 3.8) is 0 Å². The number of aliphatic hydroxyl groups is 1. The molecule has 6 atom stereocenters. The van der Waals surface area contributed by atoms with Crippen LogP contribution < -0.4 is 5.32 Å². The number of nitrogens with zero attached hydrogens (tertiary/aromatic N) is 1. The average Bonchev–Trinajstić information content (AvgIpc) is 3.01. The van der Waals surface area contributed by atoms with E-state index in [9.17, 15) is 19.5 Å². The molecule has 162 valence electrons. The minimum Gasteiger partial charge on any atom is -0.466 e. The molecule has 0 aromatic heterocycles. The SMILES string of the molecule is CCOC(=O)[C@H]1[C@@H]2C(=O)N([C@H](C)CO)[C@H](C(=O)Nc3ccccc3Cl)[C@H]2C=C[C@H]1C. The van der Waals surface area contributed by atoms with E-state index in [1.165, 1.54) is 4.90 Å². The normalized spacial score (nSPS) is 28.8. The van der Waals surface area contributed by atoms with Gasteiger partial charge in [0.15, 0.2) is 0 Å². The number of nitrogens with one attached hydrogen (secondary N) is 1. The first-order valence-electron chi connectivity index (χ1n) is 10.1. The molecule has 2 amide bonds. The van der Waals surface area contributed by atoms with E-state index in [-0.39, 0.29) is 25.0 Å². The molecule has 0 bridgehead atoms. The van der Waals surface area contributed by atoms with Gasteiger partial charge in [0.1, 0.15) is 6.04 Å². The third-order valence-electron chi connectivity index (χ3n) is 5.91. The number of hydrogen-bond donors (Lipinski definition) is 2. The molecule has 1 aromatic rings. The van der Waals surface area contributed by atoms with E-state index < -0.39 is 41.7 Å². The summed E-state index contributed by atoms with van der Waals surface area (Å²) < 4.78 is 5.23. The largest absolute Gasteiger partial charge is 0.466 e. The monoisotopic (exact) mass is 434 g/mol. The van der Waals surface area contributed by atoms with E-state index in [1.54, 1.807) is 38.1 Å². The van der Waals surface area contributed by atoms with E-state index in [0.29, 0.717) is 10.7 Å². The van der Waals surface area contributed by atoms with Gasteiger partial charge < -0.3 is 20.1 Å². The van der Waals surface area contributed by atoms with Crippen molar-refractivity contribution in [2.24, 2.45) is 23.7 Å². The molecule has 0 radical (unpaired) electrons. The molecule has 7 nitrogen and oxygen atoms in total. The maximum atomic E-state index is 13.4. The lowest BCUT2D eigenvalue weighted by atomic mass is 9.70. The average molecular weight is 435 g/mol. The summed E-state index contributed by atoms with van der Waals surface area (Å²) in [6.45, 7) is 5.17. The molecule has 8 heteroatoms. The topological polar surface area (TPSA) is 95.9 Å². The van der Waals surface area contributed by atoms with Crippen LogP contribution in [-0.2, 0) is 19.1 Å². The van der Waals surface area contributed by atoms with Gasteiger partial charge in [0.05, 0.1) is 41.8 Å². The van der Waals surface area contributed by atoms with Gasteiger partial charge in [0.2, 0.25) is 11.8 Å². The number of fused-ring (bicyclic) bond motifs is 1. The summed E-state index contributed by atoms with van der Waals surface area (Å²) in [5.41, 5.74) is 0.437. The zero-order valence-electron chi connectivity index (χ0n) is 17.2. The minimum absolute atomic E-state index is 0.203. The van der Waals surface area contributed by atoms with Crippen LogP contribution in [-0.4, -0.2) is 53.1 Å². The molecule has 0 saturated carbocycles. The fourth-order valence-corrected chi connectivity index (χ4v) is 4.66. The van der Waals surface area contributed by atoms with Crippen LogP contribution in [0.2, 0.25) is 5.02 Å². The summed E-state index contributed by atoms with van der Waals surface area (Å²) in [6.07, 6.45) is 3.70. The Hall–Kier alpha value is -2.38. The molecule has 3 rings (SSSR count). The zero-order valence-corrected chi connectivity index (χ0v) is 18.0. The van der Waals surface area contributed by atoms with Gasteiger partial charge in [0.25, 0.3) is 0 Å². The van der Waals surface area contributed by atoms with Crippen LogP contribution in [0.3, 0.4) is 0 Å². The van der Waals surface area contributed by atoms with Crippen LogP contribution in [0, 0.1) is 23.7 Å². The van der Waals surface area contributed by atoms with E-state index in [2.05, 4.69) is 5.32 Å². The lowest BCUT2D eigenvalue weighted by molar-refractivity contribution is -0.155. The van der Waals surface area contributed by atoms with Gasteiger partial charge in [-0.1, -0.05) is 42.8 Å². The summed E-state index contributed by atoms with van der Waals surface area (Å²) in [6, 6.07) is 5.37. The number of hydrogen-bond acceptors (Lipinski definition) is 5. The number of carbonyl (C=O) groups is 3. The molecule has 30 heavy (non-hydrogen) atoms. The molecular weight excluding hydrogens is 408 g/mol. The fraction of sp³-hybridized carbons (Fsp3) is 0.500. The predicted octanol–water partition coefficient (Wildman–Crippen LogP) is 2.49. The van der Waals surface area contributed by atoms with Crippen LogP contribution in [0.25, 0.3) is 0 Å². The predicted molar refractivity (Wildman–Crippen MR) is 113 cm³/mol. The second-order valence-corrected chi connectivity index (χ2v) is 8.22. The van der Waals surface area contributed by atoms with Gasteiger partial charge in [-0.15, -0.1) is 0 Å². The van der Waals surface area contributed by atoms with Crippen molar-refractivity contribution >= 4 is 35.1 Å². The van der Waals surface area contributed by atoms with Gasteiger partial charge in [-0.2, -0.15) is 0 Å². The summed E-state index contributed by atoms with van der Waals surface area (Å²) in [5, 5.41) is 12.9. The van der Waals surface area contributed by atoms with Crippen molar-refractivity contribution in [3.05, 3.63) is 41.4 Å². The lowest BCUT2D eigenvalue weighted by Crippen LogP contribution is -2.49. The number of carbonyl (C=O) groups excluding carboxylic acids is 3. The van der Waals surface area contributed by atoms with Crippen molar-refractivity contribution in [2.75, 3.05) is 18.5 Å². The van der Waals surface area contributed by atoms with Gasteiger partial charge in [-0.05, 0) is 31.9 Å². The van der Waals surface area contributed by atoms with Crippen molar-refractivity contribution in [1.29, 1.82) is 0 Å². The van der Waals surface area contributed by atoms with Crippen LogP contribution in [0.1, 0.15) is 20.8 Å². The van der Waals surface area contributed by atoms with E-state index in [0.717, 1.165) is 0 Å². The molecule has 2 N–H and O–H groups in total.